The van der Waals surface area contributed by atoms with Gasteiger partial charge in [0.2, 0.25) is 11.8 Å². The Kier molecular flexibility index (Phi) is 4.87. The van der Waals surface area contributed by atoms with Crippen LogP contribution in [0.4, 0.5) is 0 Å². The first-order chi connectivity index (χ1) is 11.2. The van der Waals surface area contributed by atoms with E-state index < -0.39 is 0 Å². The average Bonchev–Trinajstić information content (AvgIpc) is 3.03. The minimum atomic E-state index is -0.222. The van der Waals surface area contributed by atoms with E-state index in [1.165, 1.54) is 0 Å². The van der Waals surface area contributed by atoms with Crippen molar-refractivity contribution in [1.29, 1.82) is 5.26 Å². The molecule has 1 aliphatic carbocycles. The average molecular weight is 329 g/mol. The summed E-state index contributed by atoms with van der Waals surface area (Å²) in [5.41, 5.74) is 1.55. The van der Waals surface area contributed by atoms with Crippen molar-refractivity contribution in [3.8, 4) is 6.07 Å². The van der Waals surface area contributed by atoms with Gasteiger partial charge in [-0.05, 0) is 30.9 Å². The molecule has 0 aliphatic heterocycles. The van der Waals surface area contributed by atoms with Gasteiger partial charge < -0.3 is 9.73 Å². The van der Waals surface area contributed by atoms with Crippen LogP contribution >= 0.6 is 12.6 Å². The third kappa shape index (κ3) is 3.35. The zero-order chi connectivity index (χ0) is 16.2. The number of carbonyl (C=O) groups excluding carboxylic acids is 1. The standard InChI is InChI=1S/C17H19N3O2S/c18-9-10-19-16(21)12-6-2-1-5-11(12)15(23)17-20-13-7-3-4-8-14(13)22-17/h3-4,7-8,11-12,15,23H,1-2,5-6,10H2,(H,19,21)/t11-,12-,15?/m0/s1. The molecule has 2 aromatic rings. The molecule has 1 N–H and O–H groups in total. The molecule has 1 fully saturated rings. The first-order valence-corrected chi connectivity index (χ1v) is 8.40. The molecule has 23 heavy (non-hydrogen) atoms. The molecule has 3 atom stereocenters. The third-order valence-electron chi connectivity index (χ3n) is 4.47. The van der Waals surface area contributed by atoms with E-state index in [0.29, 0.717) is 5.89 Å². The lowest BCUT2D eigenvalue weighted by molar-refractivity contribution is -0.127. The Hall–Kier alpha value is -2.00. The quantitative estimate of drug-likeness (QED) is 0.666. The Morgan fingerprint density at radius 1 is 1.43 bits per heavy atom. The van der Waals surface area contributed by atoms with Crippen molar-refractivity contribution in [2.45, 2.75) is 30.9 Å². The van der Waals surface area contributed by atoms with Crippen LogP contribution in [0.25, 0.3) is 11.1 Å². The zero-order valence-corrected chi connectivity index (χ0v) is 13.6. The summed E-state index contributed by atoms with van der Waals surface area (Å²) in [6.07, 6.45) is 3.83. The van der Waals surface area contributed by atoms with Crippen molar-refractivity contribution in [3.05, 3.63) is 30.2 Å². The van der Waals surface area contributed by atoms with Crippen LogP contribution in [0.1, 0.15) is 36.8 Å². The molecule has 0 saturated heterocycles. The fraction of sp³-hybridized carbons (Fsp3) is 0.471. The molecule has 0 radical (unpaired) electrons. The minimum absolute atomic E-state index is 0.0438. The molecule has 1 aliphatic rings. The summed E-state index contributed by atoms with van der Waals surface area (Å²) in [4.78, 5) is 16.8. The fourth-order valence-electron chi connectivity index (χ4n) is 3.32. The Morgan fingerprint density at radius 3 is 3.00 bits per heavy atom. The normalized spacial score (nSPS) is 22.4. The summed E-state index contributed by atoms with van der Waals surface area (Å²) >= 11 is 4.72. The van der Waals surface area contributed by atoms with Crippen molar-refractivity contribution in [3.63, 3.8) is 0 Å². The van der Waals surface area contributed by atoms with E-state index >= 15 is 0 Å². The lowest BCUT2D eigenvalue weighted by Gasteiger charge is -2.32. The number of carbonyl (C=O) groups is 1. The maximum atomic E-state index is 12.3. The molecule has 1 heterocycles. The number of thiol groups is 1. The van der Waals surface area contributed by atoms with Crippen LogP contribution in [-0.2, 0) is 4.79 Å². The largest absolute Gasteiger partial charge is 0.439 e. The van der Waals surface area contributed by atoms with E-state index in [2.05, 4.69) is 10.3 Å². The predicted molar refractivity (Wildman–Crippen MR) is 89.8 cm³/mol. The number of nitrogens with one attached hydrogen (secondary N) is 1. The molecule has 1 amide bonds. The van der Waals surface area contributed by atoms with Crippen molar-refractivity contribution < 1.29 is 9.21 Å². The molecule has 1 aromatic carbocycles. The van der Waals surface area contributed by atoms with Crippen LogP contribution in [0, 0.1) is 23.2 Å². The number of nitriles is 1. The molecule has 0 spiro atoms. The van der Waals surface area contributed by atoms with Gasteiger partial charge in [-0.1, -0.05) is 25.0 Å². The number of oxazole rings is 1. The number of hydrogen-bond donors (Lipinski definition) is 2. The van der Waals surface area contributed by atoms with Gasteiger partial charge >= 0.3 is 0 Å². The van der Waals surface area contributed by atoms with Crippen LogP contribution in [0.2, 0.25) is 0 Å². The monoisotopic (exact) mass is 329 g/mol. The van der Waals surface area contributed by atoms with Gasteiger partial charge in [0.05, 0.1) is 11.3 Å². The second-order valence-electron chi connectivity index (χ2n) is 5.90. The second-order valence-corrected chi connectivity index (χ2v) is 6.45. The lowest BCUT2D eigenvalue weighted by atomic mass is 9.76. The molecule has 1 unspecified atom stereocenters. The van der Waals surface area contributed by atoms with Gasteiger partial charge in [-0.15, -0.1) is 0 Å². The van der Waals surface area contributed by atoms with E-state index in [0.717, 1.165) is 36.8 Å². The second kappa shape index (κ2) is 7.05. The van der Waals surface area contributed by atoms with Gasteiger partial charge in [0.1, 0.15) is 12.1 Å². The maximum Gasteiger partial charge on any atom is 0.224 e. The summed E-state index contributed by atoms with van der Waals surface area (Å²) in [5.74, 6) is 0.430. The number of fused-ring (bicyclic) bond motifs is 1. The summed E-state index contributed by atoms with van der Waals surface area (Å²) in [5, 5.41) is 11.1. The van der Waals surface area contributed by atoms with E-state index in [9.17, 15) is 4.79 Å². The Balaban J connectivity index is 1.81. The number of rotatable bonds is 4. The summed E-state index contributed by atoms with van der Waals surface area (Å²) in [7, 11) is 0. The van der Waals surface area contributed by atoms with Gasteiger partial charge in [0, 0.05) is 5.92 Å². The van der Waals surface area contributed by atoms with Crippen LogP contribution < -0.4 is 5.32 Å². The number of aromatic nitrogens is 1. The lowest BCUT2D eigenvalue weighted by Crippen LogP contribution is -2.38. The third-order valence-corrected chi connectivity index (χ3v) is 5.07. The van der Waals surface area contributed by atoms with E-state index in [4.69, 9.17) is 22.3 Å². The molecule has 120 valence electrons. The minimum Gasteiger partial charge on any atom is -0.439 e. The number of para-hydroxylation sites is 2. The van der Waals surface area contributed by atoms with E-state index in [1.807, 2.05) is 30.3 Å². The van der Waals surface area contributed by atoms with E-state index in [-0.39, 0.29) is 29.5 Å². The summed E-state index contributed by atoms with van der Waals surface area (Å²) < 4.78 is 5.82. The molecule has 6 heteroatoms. The van der Waals surface area contributed by atoms with Crippen molar-refractivity contribution in [2.24, 2.45) is 11.8 Å². The predicted octanol–water partition coefficient (Wildman–Crippen LogP) is 3.24. The van der Waals surface area contributed by atoms with Gasteiger partial charge in [-0.25, -0.2) is 4.98 Å². The van der Waals surface area contributed by atoms with Crippen LogP contribution in [0.3, 0.4) is 0 Å². The Labute approximate surface area is 140 Å². The van der Waals surface area contributed by atoms with Gasteiger partial charge in [-0.3, -0.25) is 4.79 Å². The Bertz CT molecular complexity index is 704. The number of benzene rings is 1. The Morgan fingerprint density at radius 2 is 2.22 bits per heavy atom. The molecule has 1 aromatic heterocycles. The summed E-state index contributed by atoms with van der Waals surface area (Å²) in [6.45, 7) is 0.0438. The molecule has 5 nitrogen and oxygen atoms in total. The highest BCUT2D eigenvalue weighted by Gasteiger charge is 2.37. The molecular weight excluding hydrogens is 310 g/mol. The van der Waals surface area contributed by atoms with Crippen molar-refractivity contribution in [1.82, 2.24) is 10.3 Å². The van der Waals surface area contributed by atoms with Gasteiger partial charge in [0.15, 0.2) is 5.58 Å². The summed E-state index contributed by atoms with van der Waals surface area (Å²) in [6, 6.07) is 9.56. The molecule has 3 rings (SSSR count). The molecule has 0 bridgehead atoms. The van der Waals surface area contributed by atoms with Crippen LogP contribution in [0.15, 0.2) is 28.7 Å². The first-order valence-electron chi connectivity index (χ1n) is 7.89. The number of nitrogens with zero attached hydrogens (tertiary/aromatic N) is 2. The smallest absolute Gasteiger partial charge is 0.224 e. The highest BCUT2D eigenvalue weighted by Crippen LogP contribution is 2.42. The van der Waals surface area contributed by atoms with Crippen molar-refractivity contribution in [2.75, 3.05) is 6.54 Å². The SMILES string of the molecule is N#CCNC(=O)[C@H]1CCCC[C@@H]1C(S)c1nc2ccccc2o1. The highest BCUT2D eigenvalue weighted by atomic mass is 32.1. The molecule has 1 saturated carbocycles. The van der Waals surface area contributed by atoms with E-state index in [1.54, 1.807) is 0 Å². The van der Waals surface area contributed by atoms with Crippen LogP contribution in [0.5, 0.6) is 0 Å². The first kappa shape index (κ1) is 15.9. The fourth-order valence-corrected chi connectivity index (χ4v) is 3.79. The number of amides is 1. The van der Waals surface area contributed by atoms with Gasteiger partial charge in [-0.2, -0.15) is 17.9 Å². The topological polar surface area (TPSA) is 78.9 Å². The molecular formula is C17H19N3O2S. The maximum absolute atomic E-state index is 12.3. The van der Waals surface area contributed by atoms with Crippen molar-refractivity contribution >= 4 is 29.6 Å². The van der Waals surface area contributed by atoms with Crippen LogP contribution in [-0.4, -0.2) is 17.4 Å². The van der Waals surface area contributed by atoms with Gasteiger partial charge in [0.25, 0.3) is 0 Å². The number of hydrogen-bond acceptors (Lipinski definition) is 5. The zero-order valence-electron chi connectivity index (χ0n) is 12.7. The highest BCUT2D eigenvalue weighted by molar-refractivity contribution is 7.80.